The fourth-order valence-electron chi connectivity index (χ4n) is 12.1. The molecule has 3 rings (SSSR count). The van der Waals surface area contributed by atoms with Crippen LogP contribution in [0.3, 0.4) is 0 Å². The number of nitrogens with one attached hydrogen (secondary N) is 1. The van der Waals surface area contributed by atoms with Gasteiger partial charge < -0.3 is 89.9 Å². The van der Waals surface area contributed by atoms with Crippen molar-refractivity contribution in [2.45, 2.75) is 343 Å². The minimum atomic E-state index is -1.99. The minimum absolute atomic E-state index is 0.209. The van der Waals surface area contributed by atoms with E-state index in [-0.39, 0.29) is 18.9 Å². The molecule has 582 valence electrons. The van der Waals surface area contributed by atoms with E-state index in [9.17, 15) is 61.0 Å². The average molecular weight is 1440 g/mol. The van der Waals surface area contributed by atoms with Crippen LogP contribution in [0.2, 0.25) is 0 Å². The number of aliphatic hydroxyl groups is 11. The molecular formula is C83H137NO18. The van der Waals surface area contributed by atoms with Gasteiger partial charge in [-0.1, -0.05) is 262 Å². The van der Waals surface area contributed by atoms with Gasteiger partial charge in [-0.3, -0.25) is 4.79 Å². The van der Waals surface area contributed by atoms with Crippen molar-refractivity contribution in [2.24, 2.45) is 0 Å². The number of hydrogen-bond donors (Lipinski definition) is 12. The highest BCUT2D eigenvalue weighted by atomic mass is 16.8. The van der Waals surface area contributed by atoms with Gasteiger partial charge in [-0.15, -0.1) is 0 Å². The summed E-state index contributed by atoms with van der Waals surface area (Å²) in [7, 11) is 0. The molecular weight excluding hydrogens is 1300 g/mol. The quantitative estimate of drug-likeness (QED) is 0.0199. The fourth-order valence-corrected chi connectivity index (χ4v) is 12.1. The normalized spacial score (nSPS) is 27.0. The van der Waals surface area contributed by atoms with Crippen molar-refractivity contribution < 1.29 is 89.4 Å². The molecule has 3 fully saturated rings. The summed E-state index contributed by atoms with van der Waals surface area (Å²) in [6, 6.07) is -1.02. The molecule has 12 N–H and O–H groups in total. The van der Waals surface area contributed by atoms with Gasteiger partial charge >= 0.3 is 0 Å². The van der Waals surface area contributed by atoms with E-state index in [0.717, 1.165) is 128 Å². The van der Waals surface area contributed by atoms with Gasteiger partial charge in [0.05, 0.1) is 38.6 Å². The van der Waals surface area contributed by atoms with Crippen LogP contribution in [0.4, 0.5) is 0 Å². The Bertz CT molecular complexity index is 2410. The number of hydrogen-bond acceptors (Lipinski definition) is 18. The Kier molecular flexibility index (Phi) is 55.7. The SMILES string of the molecule is CC/C=C\C/C=C\C/C=C\C/C=C\C/C=C\C/C=C\C/C=C\C/C=C\C/C=C\CCCCCCCCCC(=O)NC(COC1OC(CO)C(OC2OC(CO)C(OC3OC(CO)C(O)C(O)C3O)C(O)C2O)C(O)C1O)C(O)/C=C/CC/C=C/CC/C=C/CCCCCCCCCCCCCC. The van der Waals surface area contributed by atoms with Crippen molar-refractivity contribution in [3.8, 4) is 0 Å². The molecule has 19 nitrogen and oxygen atoms in total. The molecule has 0 aromatic carbocycles. The maximum absolute atomic E-state index is 13.5. The first-order valence-corrected chi connectivity index (χ1v) is 39.1. The van der Waals surface area contributed by atoms with Crippen LogP contribution in [0.1, 0.15) is 239 Å². The van der Waals surface area contributed by atoms with Crippen LogP contribution in [0, 0.1) is 0 Å². The largest absolute Gasteiger partial charge is 0.394 e. The highest BCUT2D eigenvalue weighted by Crippen LogP contribution is 2.33. The molecule has 19 heteroatoms. The summed E-state index contributed by atoms with van der Waals surface area (Å²) < 4.78 is 34.4. The molecule has 0 aromatic rings. The Labute approximate surface area is 613 Å². The van der Waals surface area contributed by atoms with Crippen LogP contribution in [-0.2, 0) is 33.2 Å². The lowest BCUT2D eigenvalue weighted by Crippen LogP contribution is -2.66. The summed E-state index contributed by atoms with van der Waals surface area (Å²) in [5.74, 6) is -0.306. The topological polar surface area (TPSA) is 307 Å². The molecule has 17 atom stereocenters. The van der Waals surface area contributed by atoms with Crippen LogP contribution >= 0.6 is 0 Å². The van der Waals surface area contributed by atoms with Crippen LogP contribution in [0.5, 0.6) is 0 Å². The zero-order valence-electron chi connectivity index (χ0n) is 62.0. The van der Waals surface area contributed by atoms with E-state index in [0.29, 0.717) is 12.8 Å². The van der Waals surface area contributed by atoms with E-state index in [4.69, 9.17) is 28.4 Å². The van der Waals surface area contributed by atoms with E-state index in [1.54, 1.807) is 6.08 Å². The molecule has 102 heavy (non-hydrogen) atoms. The fraction of sp³-hybridized carbons (Fsp3) is 0.699. The third-order valence-corrected chi connectivity index (χ3v) is 18.3. The minimum Gasteiger partial charge on any atom is -0.394 e. The molecule has 0 aliphatic carbocycles. The molecule has 3 aliphatic heterocycles. The maximum atomic E-state index is 13.5. The lowest BCUT2D eigenvalue weighted by molar-refractivity contribution is -0.379. The Morgan fingerprint density at radius 2 is 0.686 bits per heavy atom. The van der Waals surface area contributed by atoms with Crippen LogP contribution in [-0.4, -0.2) is 193 Å². The molecule has 0 saturated carbocycles. The van der Waals surface area contributed by atoms with Gasteiger partial charge in [0.1, 0.15) is 73.2 Å². The second-order valence-corrected chi connectivity index (χ2v) is 27.1. The third-order valence-electron chi connectivity index (χ3n) is 18.3. The van der Waals surface area contributed by atoms with Gasteiger partial charge in [-0.2, -0.15) is 0 Å². The second-order valence-electron chi connectivity index (χ2n) is 27.1. The number of amides is 1. The van der Waals surface area contributed by atoms with Crippen LogP contribution in [0.25, 0.3) is 0 Å². The molecule has 3 saturated heterocycles. The molecule has 0 aromatic heterocycles. The van der Waals surface area contributed by atoms with Gasteiger partial charge in [-0.25, -0.2) is 0 Å². The first kappa shape index (κ1) is 91.9. The van der Waals surface area contributed by atoms with Gasteiger partial charge in [-0.05, 0) is 116 Å². The van der Waals surface area contributed by atoms with Crippen molar-refractivity contribution in [1.82, 2.24) is 5.32 Å². The zero-order chi connectivity index (χ0) is 73.9. The Morgan fingerprint density at radius 1 is 0.363 bits per heavy atom. The van der Waals surface area contributed by atoms with E-state index in [2.05, 4.69) is 153 Å². The van der Waals surface area contributed by atoms with Gasteiger partial charge in [0.2, 0.25) is 5.91 Å². The molecule has 1 amide bonds. The first-order chi connectivity index (χ1) is 49.8. The summed E-state index contributed by atoms with van der Waals surface area (Å²) in [5, 5.41) is 121. The number of ether oxygens (including phenoxy) is 6. The third kappa shape index (κ3) is 41.5. The summed E-state index contributed by atoms with van der Waals surface area (Å²) in [6.45, 7) is 1.58. The monoisotopic (exact) mass is 1440 g/mol. The Morgan fingerprint density at radius 3 is 1.10 bits per heavy atom. The summed E-state index contributed by atoms with van der Waals surface area (Å²) in [4.78, 5) is 13.5. The van der Waals surface area contributed by atoms with Crippen molar-refractivity contribution in [1.29, 1.82) is 0 Å². The van der Waals surface area contributed by atoms with Gasteiger partial charge in [0, 0.05) is 6.42 Å². The van der Waals surface area contributed by atoms with Crippen molar-refractivity contribution in [3.63, 3.8) is 0 Å². The van der Waals surface area contributed by atoms with Crippen LogP contribution in [0.15, 0.2) is 146 Å². The summed E-state index contributed by atoms with van der Waals surface area (Å²) in [5.41, 5.74) is 0. The summed E-state index contributed by atoms with van der Waals surface area (Å²) >= 11 is 0. The number of allylic oxidation sites excluding steroid dienone is 23. The Balaban J connectivity index is 1.40. The van der Waals surface area contributed by atoms with E-state index < -0.39 is 124 Å². The van der Waals surface area contributed by atoms with E-state index in [1.165, 1.54) is 77.0 Å². The van der Waals surface area contributed by atoms with E-state index >= 15 is 0 Å². The number of unbranched alkanes of at least 4 members (excludes halogenated alkanes) is 21. The smallest absolute Gasteiger partial charge is 0.220 e. The van der Waals surface area contributed by atoms with Crippen molar-refractivity contribution in [2.75, 3.05) is 26.4 Å². The van der Waals surface area contributed by atoms with E-state index in [1.807, 2.05) is 6.08 Å². The highest BCUT2D eigenvalue weighted by molar-refractivity contribution is 5.76. The maximum Gasteiger partial charge on any atom is 0.220 e. The van der Waals surface area contributed by atoms with Crippen LogP contribution < -0.4 is 5.32 Å². The molecule has 0 bridgehead atoms. The summed E-state index contributed by atoms with van der Waals surface area (Å²) in [6.07, 6.45) is 62.5. The lowest BCUT2D eigenvalue weighted by atomic mass is 9.96. The first-order valence-electron chi connectivity index (χ1n) is 39.1. The number of rotatable bonds is 59. The predicted octanol–water partition coefficient (Wildman–Crippen LogP) is 12.7. The Hall–Kier alpha value is -4.33. The number of aliphatic hydroxyl groups excluding tert-OH is 11. The van der Waals surface area contributed by atoms with Crippen molar-refractivity contribution >= 4 is 5.91 Å². The van der Waals surface area contributed by atoms with Gasteiger partial charge in [0.15, 0.2) is 18.9 Å². The zero-order valence-corrected chi connectivity index (χ0v) is 62.0. The molecule has 3 heterocycles. The standard InChI is InChI=1S/C83H137NO18/c1-3-5-7-9-11-13-15-17-19-21-23-25-27-28-29-30-31-32-33-34-35-36-37-38-39-41-43-45-47-49-51-53-55-57-59-61-71(89)84-66(67(88)60-58-56-54-52-50-48-46-44-42-40-26-24-22-20-18-16-14-12-10-8-6-4-2)65-97-81-77(95)74(92)79(69(63-86)99-81)102-83-78(96)75(93)80(70(64-87)100-83)101-82-76(94)73(91)72(90)68(62-85)98-82/h5,7,11,13,17,19,23,25,28-29,31-32,34-35,37-38,41-44,50,52,58,60,66-70,72-83,85-88,90-96H,3-4,6,8-10,12,14-16,18,20-22,24,26-27,30,33,36,39-40,45-49,51,53-57,59,61-65H2,1-2H3,(H,84,89)/b7-5-,13-11-,19-17-,25-23-,29-28-,32-31-,35-34-,38-37-,43-41-,44-42+,52-50+,60-58+. The molecule has 0 radical (unpaired) electrons. The van der Waals surface area contributed by atoms with Crippen molar-refractivity contribution in [3.05, 3.63) is 146 Å². The average Bonchev–Trinajstić information content (AvgIpc) is 0.781. The number of carbonyl (C=O) groups is 1. The number of carbonyl (C=O) groups excluding carboxylic acids is 1. The molecule has 3 aliphatic rings. The molecule has 17 unspecified atom stereocenters. The second kappa shape index (κ2) is 61.8. The highest BCUT2D eigenvalue weighted by Gasteiger charge is 2.53. The predicted molar refractivity (Wildman–Crippen MR) is 406 cm³/mol. The lowest BCUT2D eigenvalue weighted by Gasteiger charge is -2.48. The van der Waals surface area contributed by atoms with Gasteiger partial charge in [0.25, 0.3) is 0 Å². The molecule has 0 spiro atoms.